The molecule has 8 aromatic carbocycles. The molecule has 0 fully saturated rings. The fourth-order valence-electron chi connectivity index (χ4n) is 9.13. The van der Waals surface area contributed by atoms with E-state index in [0.717, 1.165) is 94.2 Å². The van der Waals surface area contributed by atoms with E-state index in [1.54, 1.807) is 18.2 Å². The summed E-state index contributed by atoms with van der Waals surface area (Å²) in [4.78, 5) is 9.46. The minimum atomic E-state index is -2.09. The molecule has 12 aromatic rings. The monoisotopic (exact) mass is 1050 g/mol. The normalized spacial score (nSPS) is 12.4. The summed E-state index contributed by atoms with van der Waals surface area (Å²) in [5, 5.41) is 4.41. The van der Waals surface area contributed by atoms with E-state index in [9.17, 15) is 0 Å². The van der Waals surface area contributed by atoms with Crippen molar-refractivity contribution in [1.29, 1.82) is 0 Å². The second-order valence-corrected chi connectivity index (χ2v) is 17.4. The molecule has 0 spiro atoms. The van der Waals surface area contributed by atoms with E-state index in [1.165, 1.54) is 28.6 Å². The van der Waals surface area contributed by atoms with Gasteiger partial charge in [0.1, 0.15) is 16.7 Å². The molecule has 67 heavy (non-hydrogen) atoms. The largest absolute Gasteiger partial charge is 0.501 e. The number of nitrogens with zero attached hydrogens (tertiary/aromatic N) is 3. The summed E-state index contributed by atoms with van der Waals surface area (Å²) in [6, 6.07) is 66.4. The molecular formula is C61H47IrN3O2-2. The topological polar surface area (TPSA) is 57.0 Å². The summed E-state index contributed by atoms with van der Waals surface area (Å²) in [5.74, 6) is 1.28. The predicted molar refractivity (Wildman–Crippen MR) is 272 cm³/mol. The minimum absolute atomic E-state index is 0. The van der Waals surface area contributed by atoms with Gasteiger partial charge in [-0.25, -0.2) is 0 Å². The molecule has 0 unspecified atom stereocenters. The number of rotatable bonds is 7. The summed E-state index contributed by atoms with van der Waals surface area (Å²) < 4.78 is 37.2. The standard InChI is InChI=1S/C49H37N2O2.C12H10N.Ir/c1-29(2)40-25-34(33-22-23-36-35-15-8-11-20-44(35)52-45(36)28-33)26-41(30(3)4)47(40)51-43-19-10-9-18-42(43)50-49(51)39-17-12-16-38-37-24-21-32(27-46(37)53-48(38)39)31-13-6-5-7-14-31;1-10-7-8-12(13-9-10)11-5-3-2-4-6-11;/h5-16,18-30H,1-4H3;2-5,7-9H,1H3;/q2*-1;/i;1D3;. The maximum Gasteiger partial charge on any atom is 0.136 e. The Labute approximate surface area is 408 Å². The van der Waals surface area contributed by atoms with Crippen LogP contribution in [0.1, 0.15) is 60.3 Å². The molecule has 4 aromatic heterocycles. The van der Waals surface area contributed by atoms with Crippen LogP contribution in [0, 0.1) is 19.0 Å². The third-order valence-electron chi connectivity index (χ3n) is 12.4. The Morgan fingerprint density at radius 2 is 1.22 bits per heavy atom. The Kier molecular flexibility index (Phi) is 10.8. The van der Waals surface area contributed by atoms with Crippen LogP contribution in [0.5, 0.6) is 0 Å². The zero-order valence-corrected chi connectivity index (χ0v) is 39.9. The maximum atomic E-state index is 7.23. The molecule has 0 atom stereocenters. The van der Waals surface area contributed by atoms with Crippen LogP contribution < -0.4 is 0 Å². The van der Waals surface area contributed by atoms with E-state index in [1.807, 2.05) is 42.5 Å². The number of fused-ring (bicyclic) bond motifs is 7. The maximum absolute atomic E-state index is 7.23. The van der Waals surface area contributed by atoms with Crippen LogP contribution in [0.3, 0.4) is 0 Å². The van der Waals surface area contributed by atoms with Gasteiger partial charge in [-0.2, -0.15) is 0 Å². The number of imidazole rings is 1. The molecule has 0 saturated heterocycles. The summed E-state index contributed by atoms with van der Waals surface area (Å²) >= 11 is 0. The average Bonchev–Trinajstić information content (AvgIpc) is 4.07. The zero-order valence-electron chi connectivity index (χ0n) is 40.5. The molecule has 0 bridgehead atoms. The molecule has 0 aliphatic heterocycles. The van der Waals surface area contributed by atoms with Crippen molar-refractivity contribution in [2.45, 2.75) is 46.4 Å². The van der Waals surface area contributed by atoms with Gasteiger partial charge in [0, 0.05) is 52.3 Å². The van der Waals surface area contributed by atoms with E-state index in [0.29, 0.717) is 0 Å². The summed E-state index contributed by atoms with van der Waals surface area (Å²) in [6.45, 7) is 7.04. The number of aromatic nitrogens is 3. The molecule has 6 heteroatoms. The second kappa shape index (κ2) is 18.1. The SMILES string of the molecule is CC(C)c1cc(-c2ccc3c(c2)oc2ccccc23)cc(C(C)C)c1-n1c(-c2[c-]ccc3c2oc2cc(-c4ccccc4)ccc23)nc2ccccc21.[2H]C([2H])([2H])c1ccc(-c2[c-]cccc2)nc1.[Ir]. The first-order valence-electron chi connectivity index (χ1n) is 23.9. The summed E-state index contributed by atoms with van der Waals surface area (Å²) in [5.41, 5.74) is 16.4. The first-order chi connectivity index (χ1) is 33.5. The molecule has 329 valence electrons. The summed E-state index contributed by atoms with van der Waals surface area (Å²) in [7, 11) is 0. The number of hydrogen-bond acceptors (Lipinski definition) is 4. The van der Waals surface area contributed by atoms with Crippen LogP contribution in [0.4, 0.5) is 0 Å². The van der Waals surface area contributed by atoms with Crippen LogP contribution in [0.25, 0.3) is 105 Å². The third kappa shape index (κ3) is 8.07. The van der Waals surface area contributed by atoms with E-state index in [-0.39, 0.29) is 37.5 Å². The van der Waals surface area contributed by atoms with Gasteiger partial charge < -0.3 is 18.4 Å². The third-order valence-corrected chi connectivity index (χ3v) is 12.4. The van der Waals surface area contributed by atoms with E-state index >= 15 is 0 Å². The van der Waals surface area contributed by atoms with Crippen molar-refractivity contribution in [3.63, 3.8) is 0 Å². The van der Waals surface area contributed by atoms with E-state index < -0.39 is 6.85 Å². The number of para-hydroxylation sites is 3. The molecule has 4 heterocycles. The molecule has 5 nitrogen and oxygen atoms in total. The molecule has 0 aliphatic carbocycles. The fourth-order valence-corrected chi connectivity index (χ4v) is 9.13. The van der Waals surface area contributed by atoms with E-state index in [2.05, 4.69) is 165 Å². The number of hydrogen-bond donors (Lipinski definition) is 0. The van der Waals surface area contributed by atoms with Crippen molar-refractivity contribution in [2.75, 3.05) is 0 Å². The van der Waals surface area contributed by atoms with Gasteiger partial charge in [0.15, 0.2) is 0 Å². The van der Waals surface area contributed by atoms with Gasteiger partial charge in [0.2, 0.25) is 0 Å². The molecule has 0 saturated carbocycles. The van der Waals surface area contributed by atoms with Gasteiger partial charge in [0.25, 0.3) is 0 Å². The predicted octanol–water partition coefficient (Wildman–Crippen LogP) is 16.7. The fraction of sp³-hybridized carbons (Fsp3) is 0.115. The van der Waals surface area contributed by atoms with Crippen molar-refractivity contribution >= 4 is 54.9 Å². The van der Waals surface area contributed by atoms with Crippen molar-refractivity contribution in [2.24, 2.45) is 0 Å². The van der Waals surface area contributed by atoms with E-state index in [4.69, 9.17) is 17.9 Å². The minimum Gasteiger partial charge on any atom is -0.501 e. The smallest absolute Gasteiger partial charge is 0.136 e. The van der Waals surface area contributed by atoms with Crippen molar-refractivity contribution < 1.29 is 33.1 Å². The molecule has 1 radical (unpaired) electrons. The van der Waals surface area contributed by atoms with Gasteiger partial charge in [-0.05, 0) is 112 Å². The Morgan fingerprint density at radius 1 is 0.552 bits per heavy atom. The molecule has 0 N–H and O–H groups in total. The van der Waals surface area contributed by atoms with Gasteiger partial charge in [-0.3, -0.25) is 4.98 Å². The Balaban J connectivity index is 0.000000285. The van der Waals surface area contributed by atoms with Crippen LogP contribution in [-0.4, -0.2) is 14.5 Å². The van der Waals surface area contributed by atoms with Crippen molar-refractivity contribution in [3.8, 4) is 50.6 Å². The van der Waals surface area contributed by atoms with Gasteiger partial charge >= 0.3 is 0 Å². The van der Waals surface area contributed by atoms with Crippen molar-refractivity contribution in [1.82, 2.24) is 14.5 Å². The molecular weight excluding hydrogens is 999 g/mol. The number of benzene rings is 8. The quantitative estimate of drug-likeness (QED) is 0.149. The number of pyridine rings is 1. The Morgan fingerprint density at radius 3 is 1.94 bits per heavy atom. The van der Waals surface area contributed by atoms with Crippen LogP contribution in [0.2, 0.25) is 0 Å². The zero-order chi connectivity index (χ0) is 47.4. The van der Waals surface area contributed by atoms with Crippen LogP contribution in [0.15, 0.2) is 191 Å². The Bertz CT molecular complexity index is 3810. The molecule has 0 amide bonds. The average molecular weight is 1050 g/mol. The van der Waals surface area contributed by atoms with Crippen LogP contribution >= 0.6 is 0 Å². The van der Waals surface area contributed by atoms with Crippen molar-refractivity contribution in [3.05, 3.63) is 211 Å². The summed E-state index contributed by atoms with van der Waals surface area (Å²) in [6.07, 6.45) is 1.39. The number of furan rings is 2. The van der Waals surface area contributed by atoms with Crippen LogP contribution in [-0.2, 0) is 20.1 Å². The second-order valence-electron chi connectivity index (χ2n) is 17.4. The first-order valence-corrected chi connectivity index (χ1v) is 22.4. The van der Waals surface area contributed by atoms with Gasteiger partial charge in [-0.15, -0.1) is 54.1 Å². The van der Waals surface area contributed by atoms with Gasteiger partial charge in [0.05, 0.1) is 22.4 Å². The molecule has 0 aliphatic rings. The van der Waals surface area contributed by atoms with Gasteiger partial charge in [-0.1, -0.05) is 130 Å². The number of aryl methyl sites for hydroxylation is 1. The first kappa shape index (κ1) is 39.9. The Hall–Kier alpha value is -7.37. The molecule has 12 rings (SSSR count).